The number of nitrogens with one attached hydrogen (secondary N) is 1. The minimum absolute atomic E-state index is 0.0482. The lowest BCUT2D eigenvalue weighted by molar-refractivity contribution is 0.102. The molecule has 0 spiro atoms. The summed E-state index contributed by atoms with van der Waals surface area (Å²) < 4.78 is 38.2. The largest absolute Gasteiger partial charge is 0.490 e. The Bertz CT molecular complexity index is 1060. The van der Waals surface area contributed by atoms with Gasteiger partial charge in [-0.15, -0.1) is 0 Å². The Morgan fingerprint density at radius 2 is 1.67 bits per heavy atom. The molecule has 7 nitrogen and oxygen atoms in total. The molecule has 0 aliphatic carbocycles. The average molecular weight is 473 g/mol. The number of hydrogen-bond donors (Lipinski definition) is 1. The van der Waals surface area contributed by atoms with Gasteiger partial charge in [-0.3, -0.25) is 4.79 Å². The lowest BCUT2D eigenvalue weighted by atomic mass is 10.2. The quantitative estimate of drug-likeness (QED) is 0.671. The zero-order valence-electron chi connectivity index (χ0n) is 16.6. The molecule has 1 aliphatic heterocycles. The highest BCUT2D eigenvalue weighted by Gasteiger charge is 2.26. The van der Waals surface area contributed by atoms with Gasteiger partial charge in [-0.05, 0) is 18.2 Å². The molecule has 1 amide bonds. The van der Waals surface area contributed by atoms with Crippen LogP contribution in [0.3, 0.4) is 0 Å². The first-order valence-electron chi connectivity index (χ1n) is 9.48. The van der Waals surface area contributed by atoms with Crippen molar-refractivity contribution in [1.82, 2.24) is 4.31 Å². The number of rotatable bonds is 6. The van der Waals surface area contributed by atoms with E-state index in [0.29, 0.717) is 43.5 Å². The van der Waals surface area contributed by atoms with Crippen molar-refractivity contribution in [3.8, 4) is 11.5 Å². The summed E-state index contributed by atoms with van der Waals surface area (Å²) in [6.45, 7) is 5.06. The summed E-state index contributed by atoms with van der Waals surface area (Å²) in [5.74, 6) is 0.460. The first-order chi connectivity index (χ1) is 14.3. The Morgan fingerprint density at radius 1 is 1.03 bits per heavy atom. The van der Waals surface area contributed by atoms with Crippen LogP contribution in [0.4, 0.5) is 5.69 Å². The van der Waals surface area contributed by atoms with Crippen LogP contribution in [0.1, 0.15) is 30.6 Å². The van der Waals surface area contributed by atoms with Gasteiger partial charge in [0.2, 0.25) is 10.0 Å². The van der Waals surface area contributed by atoms with Crippen LogP contribution >= 0.6 is 23.2 Å². The predicted molar refractivity (Wildman–Crippen MR) is 117 cm³/mol. The predicted octanol–water partition coefficient (Wildman–Crippen LogP) is 4.44. The molecule has 2 aromatic rings. The van der Waals surface area contributed by atoms with Crippen molar-refractivity contribution in [1.29, 1.82) is 0 Å². The van der Waals surface area contributed by atoms with Gasteiger partial charge in [-0.1, -0.05) is 37.0 Å². The molecule has 0 saturated carbocycles. The van der Waals surface area contributed by atoms with E-state index in [1.165, 1.54) is 22.5 Å². The summed E-state index contributed by atoms with van der Waals surface area (Å²) in [5.41, 5.74) is 0.460. The molecule has 0 unspecified atom stereocenters. The van der Waals surface area contributed by atoms with E-state index < -0.39 is 15.9 Å². The van der Waals surface area contributed by atoms with Gasteiger partial charge in [0.1, 0.15) is 4.90 Å². The van der Waals surface area contributed by atoms with E-state index in [1.54, 1.807) is 26.0 Å². The van der Waals surface area contributed by atoms with Crippen LogP contribution in [0.2, 0.25) is 10.0 Å². The minimum atomic E-state index is -3.83. The van der Waals surface area contributed by atoms with E-state index in [0.717, 1.165) is 6.42 Å². The third kappa shape index (κ3) is 4.67. The van der Waals surface area contributed by atoms with E-state index in [2.05, 4.69) is 5.32 Å². The number of carbonyl (C=O) groups excluding carboxylic acids is 1. The molecule has 30 heavy (non-hydrogen) atoms. The first-order valence-corrected chi connectivity index (χ1v) is 11.7. The smallest absolute Gasteiger partial charge is 0.255 e. The standard InChI is InChI=1S/C20H22Cl2N2O5S/c1-3-24(4-2)30(26,27)19-10-13(6-7-14(19)21)20(25)23-16-12-18-17(11-15(16)22)28-8-5-9-29-18/h6-7,10-12H,3-5,8-9H2,1-2H3,(H,23,25). The minimum Gasteiger partial charge on any atom is -0.490 e. The number of nitrogens with zero attached hydrogens (tertiary/aromatic N) is 1. The maximum atomic E-state index is 12.9. The van der Waals surface area contributed by atoms with Crippen LogP contribution in [-0.4, -0.2) is 44.9 Å². The second-order valence-electron chi connectivity index (χ2n) is 6.52. The summed E-state index contributed by atoms with van der Waals surface area (Å²) >= 11 is 12.4. The highest BCUT2D eigenvalue weighted by atomic mass is 35.5. The molecular weight excluding hydrogens is 451 g/mol. The molecule has 0 atom stereocenters. The number of fused-ring (bicyclic) bond motifs is 1. The summed E-state index contributed by atoms with van der Waals surface area (Å²) in [4.78, 5) is 12.7. The lowest BCUT2D eigenvalue weighted by Gasteiger charge is -2.19. The molecule has 10 heteroatoms. The van der Waals surface area contributed by atoms with E-state index >= 15 is 0 Å². The van der Waals surface area contributed by atoms with Crippen LogP contribution in [0.5, 0.6) is 11.5 Å². The maximum absolute atomic E-state index is 12.9. The number of benzene rings is 2. The fraction of sp³-hybridized carbons (Fsp3) is 0.350. The first kappa shape index (κ1) is 22.7. The number of halogens is 2. The van der Waals surface area contributed by atoms with Gasteiger partial charge in [-0.25, -0.2) is 8.42 Å². The van der Waals surface area contributed by atoms with Crippen molar-refractivity contribution < 1.29 is 22.7 Å². The van der Waals surface area contributed by atoms with Crippen molar-refractivity contribution in [2.45, 2.75) is 25.2 Å². The number of carbonyl (C=O) groups is 1. The van der Waals surface area contributed by atoms with Gasteiger partial charge in [0.15, 0.2) is 11.5 Å². The fourth-order valence-corrected chi connectivity index (χ4v) is 5.18. The van der Waals surface area contributed by atoms with Crippen LogP contribution in [0.25, 0.3) is 0 Å². The number of ether oxygens (including phenoxy) is 2. The van der Waals surface area contributed by atoms with Crippen LogP contribution < -0.4 is 14.8 Å². The summed E-state index contributed by atoms with van der Waals surface area (Å²) in [5, 5.41) is 3.02. The Hall–Kier alpha value is -2.00. The molecule has 0 radical (unpaired) electrons. The van der Waals surface area contributed by atoms with Gasteiger partial charge in [0.25, 0.3) is 5.91 Å². The third-order valence-electron chi connectivity index (χ3n) is 4.60. The summed E-state index contributed by atoms with van der Waals surface area (Å²) in [6, 6.07) is 7.28. The fourth-order valence-electron chi connectivity index (χ4n) is 3.02. The molecule has 1 N–H and O–H groups in total. The van der Waals surface area contributed by atoms with E-state index in [4.69, 9.17) is 32.7 Å². The molecule has 1 aliphatic rings. The van der Waals surface area contributed by atoms with Gasteiger partial charge >= 0.3 is 0 Å². The van der Waals surface area contributed by atoms with Crippen LogP contribution in [0, 0.1) is 0 Å². The van der Waals surface area contributed by atoms with Crippen molar-refractivity contribution in [3.63, 3.8) is 0 Å². The number of sulfonamides is 1. The lowest BCUT2D eigenvalue weighted by Crippen LogP contribution is -2.31. The molecule has 0 saturated heterocycles. The average Bonchev–Trinajstić information content (AvgIpc) is 2.94. The highest BCUT2D eigenvalue weighted by molar-refractivity contribution is 7.89. The Kier molecular flexibility index (Phi) is 7.13. The molecule has 0 bridgehead atoms. The van der Waals surface area contributed by atoms with Gasteiger partial charge in [-0.2, -0.15) is 4.31 Å². The highest BCUT2D eigenvalue weighted by Crippen LogP contribution is 2.38. The van der Waals surface area contributed by atoms with Gasteiger partial charge in [0.05, 0.1) is 28.9 Å². The molecule has 2 aromatic carbocycles. The normalized spacial score (nSPS) is 13.8. The second kappa shape index (κ2) is 9.43. The van der Waals surface area contributed by atoms with Crippen LogP contribution in [-0.2, 0) is 10.0 Å². The second-order valence-corrected chi connectivity index (χ2v) is 9.24. The SMILES string of the molecule is CCN(CC)S(=O)(=O)c1cc(C(=O)Nc2cc3c(cc2Cl)OCCCO3)ccc1Cl. The van der Waals surface area contributed by atoms with Crippen molar-refractivity contribution in [3.05, 3.63) is 45.9 Å². The van der Waals surface area contributed by atoms with Gasteiger partial charge < -0.3 is 14.8 Å². The molecule has 3 rings (SSSR count). The molecule has 0 aromatic heterocycles. The van der Waals surface area contributed by atoms with Crippen molar-refractivity contribution >= 4 is 44.8 Å². The topological polar surface area (TPSA) is 84.9 Å². The monoisotopic (exact) mass is 472 g/mol. The third-order valence-corrected chi connectivity index (χ3v) is 7.45. The molecule has 162 valence electrons. The van der Waals surface area contributed by atoms with E-state index in [1.807, 2.05) is 0 Å². The molecule has 0 fully saturated rings. The Morgan fingerprint density at radius 3 is 2.30 bits per heavy atom. The molecular formula is C20H22Cl2N2O5S. The van der Waals surface area contributed by atoms with Crippen molar-refractivity contribution in [2.24, 2.45) is 0 Å². The van der Waals surface area contributed by atoms with Crippen LogP contribution in [0.15, 0.2) is 35.2 Å². The Labute approximate surface area is 185 Å². The summed E-state index contributed by atoms with van der Waals surface area (Å²) in [6.07, 6.45) is 0.739. The zero-order chi connectivity index (χ0) is 21.9. The zero-order valence-corrected chi connectivity index (χ0v) is 18.9. The number of hydrogen-bond acceptors (Lipinski definition) is 5. The maximum Gasteiger partial charge on any atom is 0.255 e. The molecule has 1 heterocycles. The number of amides is 1. The van der Waals surface area contributed by atoms with E-state index in [9.17, 15) is 13.2 Å². The summed E-state index contributed by atoms with van der Waals surface area (Å²) in [7, 11) is -3.83. The Balaban J connectivity index is 1.91. The van der Waals surface area contributed by atoms with Gasteiger partial charge in [0, 0.05) is 37.2 Å². The van der Waals surface area contributed by atoms with E-state index in [-0.39, 0.29) is 20.5 Å². The van der Waals surface area contributed by atoms with Crippen molar-refractivity contribution in [2.75, 3.05) is 31.6 Å². The number of anilines is 1.